The van der Waals surface area contributed by atoms with Crippen LogP contribution in [-0.4, -0.2) is 15.7 Å². The molecule has 3 rings (SSSR count). The Morgan fingerprint density at radius 3 is 2.89 bits per heavy atom. The number of halogens is 1. The van der Waals surface area contributed by atoms with Crippen LogP contribution < -0.4 is 4.31 Å². The fourth-order valence-corrected chi connectivity index (χ4v) is 4.68. The molecule has 6 heteroatoms. The van der Waals surface area contributed by atoms with Crippen molar-refractivity contribution in [1.82, 2.24) is 0 Å². The summed E-state index contributed by atoms with van der Waals surface area (Å²) < 4.78 is 15.1. The summed E-state index contributed by atoms with van der Waals surface area (Å²) in [7, 11) is -1.26. The summed E-state index contributed by atoms with van der Waals surface area (Å²) >= 11 is 3.41. The highest BCUT2D eigenvalue weighted by molar-refractivity contribution is 9.10. The minimum atomic E-state index is -1.26. The first-order valence-electron chi connectivity index (χ1n) is 6.21. The van der Waals surface area contributed by atoms with Gasteiger partial charge in [0.25, 0.3) is 0 Å². The van der Waals surface area contributed by atoms with Crippen LogP contribution in [0.15, 0.2) is 39.2 Å². The summed E-state index contributed by atoms with van der Waals surface area (Å²) in [6.07, 6.45) is 3.16. The predicted molar refractivity (Wildman–Crippen MR) is 77.8 cm³/mol. The zero-order valence-electron chi connectivity index (χ0n) is 10.2. The molecule has 1 aliphatic heterocycles. The van der Waals surface area contributed by atoms with E-state index in [1.165, 1.54) is 0 Å². The van der Waals surface area contributed by atoms with Gasteiger partial charge in [0.05, 0.1) is 5.69 Å². The van der Waals surface area contributed by atoms with Crippen LogP contribution in [0.2, 0.25) is 0 Å². The van der Waals surface area contributed by atoms with Crippen LogP contribution in [0.5, 0.6) is 0 Å². The van der Waals surface area contributed by atoms with Gasteiger partial charge in [-0.3, -0.25) is 4.31 Å². The van der Waals surface area contributed by atoms with E-state index in [9.17, 15) is 9.47 Å². The van der Waals surface area contributed by atoms with Gasteiger partial charge in [-0.05, 0) is 49.5 Å². The number of allylic oxidation sites excluding steroid dienone is 1. The maximum Gasteiger partial charge on any atom is 0.199 e. The normalized spacial score (nSPS) is 26.7. The summed E-state index contributed by atoms with van der Waals surface area (Å²) in [5.74, 6) is 0. The molecule has 1 aromatic carbocycles. The number of benzene rings is 1. The molecule has 1 heterocycles. The van der Waals surface area contributed by atoms with Gasteiger partial charge in [-0.25, -0.2) is 14.4 Å². The second-order valence-electron chi connectivity index (χ2n) is 4.67. The molecular formula is C13H14BrNO3S. The lowest BCUT2D eigenvalue weighted by Crippen LogP contribution is -2.34. The van der Waals surface area contributed by atoms with Gasteiger partial charge in [0.1, 0.15) is 0 Å². The van der Waals surface area contributed by atoms with Gasteiger partial charge in [0, 0.05) is 9.38 Å². The van der Waals surface area contributed by atoms with Crippen molar-refractivity contribution in [3.8, 4) is 0 Å². The fraction of sp³-hybridized carbons (Fsp3) is 0.385. The molecule has 0 radical (unpaired) electrons. The molecule has 2 aliphatic rings. The van der Waals surface area contributed by atoms with E-state index in [4.69, 9.17) is 0 Å². The highest BCUT2D eigenvalue weighted by Crippen LogP contribution is 2.41. The van der Waals surface area contributed by atoms with E-state index >= 15 is 0 Å². The lowest BCUT2D eigenvalue weighted by molar-refractivity contribution is -0.265. The van der Waals surface area contributed by atoms with Crippen LogP contribution >= 0.6 is 15.9 Å². The third-order valence-electron chi connectivity index (χ3n) is 3.52. The third kappa shape index (κ3) is 2.27. The predicted octanol–water partition coefficient (Wildman–Crippen LogP) is 3.58. The van der Waals surface area contributed by atoms with Gasteiger partial charge >= 0.3 is 0 Å². The van der Waals surface area contributed by atoms with E-state index in [-0.39, 0.29) is 0 Å². The summed E-state index contributed by atoms with van der Waals surface area (Å²) in [6, 6.07) is 7.53. The van der Waals surface area contributed by atoms with Gasteiger partial charge in [-0.15, -0.1) is 0 Å². The van der Waals surface area contributed by atoms with E-state index in [1.807, 2.05) is 24.3 Å². The second kappa shape index (κ2) is 5.36. The molecule has 0 fully saturated rings. The Hall–Kier alpha value is -0.690. The molecule has 19 heavy (non-hydrogen) atoms. The molecule has 0 spiro atoms. The molecule has 1 aromatic rings. The number of nitrogens with zero attached hydrogens (tertiary/aromatic N) is 1. The number of hydrogen-bond donors (Lipinski definition) is 1. The SMILES string of the molecule is O=S1C2=C(CCCC2)[C@@H](OO)N1c1cccc(Br)c1. The van der Waals surface area contributed by atoms with Crippen molar-refractivity contribution >= 4 is 32.6 Å². The Morgan fingerprint density at radius 2 is 2.16 bits per heavy atom. The Kier molecular flexibility index (Phi) is 3.75. The van der Waals surface area contributed by atoms with Gasteiger partial charge in [0.15, 0.2) is 17.2 Å². The van der Waals surface area contributed by atoms with E-state index in [2.05, 4.69) is 20.8 Å². The molecule has 1 unspecified atom stereocenters. The largest absolute Gasteiger partial charge is 0.254 e. The molecule has 0 bridgehead atoms. The van der Waals surface area contributed by atoms with Crippen molar-refractivity contribution in [3.05, 3.63) is 39.2 Å². The van der Waals surface area contributed by atoms with Crippen LogP contribution in [0.25, 0.3) is 0 Å². The van der Waals surface area contributed by atoms with Gasteiger partial charge in [0.2, 0.25) is 0 Å². The first-order chi connectivity index (χ1) is 9.22. The first kappa shape index (κ1) is 13.3. The van der Waals surface area contributed by atoms with E-state index in [0.717, 1.165) is 46.3 Å². The maximum atomic E-state index is 12.6. The standard InChI is InChI=1S/C13H14BrNO3S/c14-9-4-3-5-10(8-9)15-13(18-16)11-6-1-2-7-12(11)19(15)17/h3-5,8,13,16H,1-2,6-7H2/t13-,19?/m1/s1. The van der Waals surface area contributed by atoms with Crippen LogP contribution in [0, 0.1) is 0 Å². The topological polar surface area (TPSA) is 49.8 Å². The first-order valence-corrected chi connectivity index (χ1v) is 8.11. The van der Waals surface area contributed by atoms with Crippen LogP contribution in [0.3, 0.4) is 0 Å². The Morgan fingerprint density at radius 1 is 1.37 bits per heavy atom. The summed E-state index contributed by atoms with van der Waals surface area (Å²) in [6.45, 7) is 0. The molecule has 1 aliphatic carbocycles. The quantitative estimate of drug-likeness (QED) is 0.659. The highest BCUT2D eigenvalue weighted by Gasteiger charge is 2.41. The summed E-state index contributed by atoms with van der Waals surface area (Å²) in [4.78, 5) is 5.54. The zero-order chi connectivity index (χ0) is 13.4. The molecule has 4 nitrogen and oxygen atoms in total. The van der Waals surface area contributed by atoms with Gasteiger partial charge in [-0.1, -0.05) is 22.0 Å². The number of anilines is 1. The molecule has 2 atom stereocenters. The highest BCUT2D eigenvalue weighted by atomic mass is 79.9. The van der Waals surface area contributed by atoms with Crippen LogP contribution in [0.4, 0.5) is 5.69 Å². The molecule has 0 aromatic heterocycles. The van der Waals surface area contributed by atoms with Crippen molar-refractivity contribution in [2.45, 2.75) is 31.9 Å². The molecule has 0 amide bonds. The maximum absolute atomic E-state index is 12.6. The van der Waals surface area contributed by atoms with Gasteiger partial charge in [-0.2, -0.15) is 0 Å². The van der Waals surface area contributed by atoms with E-state index in [1.54, 1.807) is 4.31 Å². The monoisotopic (exact) mass is 343 g/mol. The smallest absolute Gasteiger partial charge is 0.199 e. The van der Waals surface area contributed by atoms with Crippen molar-refractivity contribution in [2.75, 3.05) is 4.31 Å². The minimum Gasteiger partial charge on any atom is -0.254 e. The van der Waals surface area contributed by atoms with Gasteiger partial charge < -0.3 is 0 Å². The number of rotatable bonds is 2. The molecule has 1 N–H and O–H groups in total. The summed E-state index contributed by atoms with van der Waals surface area (Å²) in [5.41, 5.74) is 1.76. The zero-order valence-corrected chi connectivity index (χ0v) is 12.6. The molecule has 0 saturated carbocycles. The Bertz CT molecular complexity index is 561. The molecular weight excluding hydrogens is 330 g/mol. The molecule has 102 valence electrons. The van der Waals surface area contributed by atoms with E-state index < -0.39 is 17.2 Å². The van der Waals surface area contributed by atoms with Crippen molar-refractivity contribution in [2.24, 2.45) is 0 Å². The average Bonchev–Trinajstić information content (AvgIpc) is 2.72. The van der Waals surface area contributed by atoms with E-state index in [0.29, 0.717) is 0 Å². The number of hydrogen-bond acceptors (Lipinski definition) is 3. The van der Waals surface area contributed by atoms with Crippen molar-refractivity contribution in [1.29, 1.82) is 0 Å². The Balaban J connectivity index is 2.01. The lowest BCUT2D eigenvalue weighted by Gasteiger charge is -2.24. The van der Waals surface area contributed by atoms with Crippen LogP contribution in [0.1, 0.15) is 25.7 Å². The lowest BCUT2D eigenvalue weighted by atomic mass is 9.98. The molecule has 0 saturated heterocycles. The van der Waals surface area contributed by atoms with Crippen LogP contribution in [-0.2, 0) is 15.9 Å². The Labute approximate surface area is 122 Å². The third-order valence-corrected chi connectivity index (χ3v) is 5.66. The average molecular weight is 344 g/mol. The fourth-order valence-electron chi connectivity index (χ4n) is 2.66. The van der Waals surface area contributed by atoms with Crippen molar-refractivity contribution < 1.29 is 14.4 Å². The summed E-state index contributed by atoms with van der Waals surface area (Å²) in [5, 5.41) is 9.20. The second-order valence-corrected chi connectivity index (χ2v) is 6.97. The minimum absolute atomic E-state index is 0.620. The van der Waals surface area contributed by atoms with Crippen molar-refractivity contribution in [3.63, 3.8) is 0 Å².